The summed E-state index contributed by atoms with van der Waals surface area (Å²) in [5.41, 5.74) is 1.25. The van der Waals surface area contributed by atoms with Crippen LogP contribution in [0.3, 0.4) is 0 Å². The standard InChI is InChI=1S/C23H26N2O5/c1-24(2)13-14-25-20(15-5-9-17(29-3)10-6-15)19(22(27)23(25)28)21(26)16-7-11-18(30-4)12-8-16/h5-12,20,26H,13-14H2,1-4H3/b21-19+. The molecule has 0 bridgehead atoms. The maximum absolute atomic E-state index is 12.9. The first-order chi connectivity index (χ1) is 14.4. The number of likely N-dealkylation sites (tertiary alicyclic amines) is 1. The summed E-state index contributed by atoms with van der Waals surface area (Å²) < 4.78 is 10.4. The molecular weight excluding hydrogens is 384 g/mol. The molecule has 1 fully saturated rings. The zero-order valence-electron chi connectivity index (χ0n) is 17.6. The minimum Gasteiger partial charge on any atom is -0.507 e. The molecule has 7 nitrogen and oxygen atoms in total. The van der Waals surface area contributed by atoms with Gasteiger partial charge in [0.2, 0.25) is 0 Å². The Morgan fingerprint density at radius 1 is 0.967 bits per heavy atom. The van der Waals surface area contributed by atoms with E-state index < -0.39 is 17.7 Å². The molecule has 1 aliphatic rings. The lowest BCUT2D eigenvalue weighted by Crippen LogP contribution is -2.35. The third kappa shape index (κ3) is 4.16. The molecule has 30 heavy (non-hydrogen) atoms. The first kappa shape index (κ1) is 21.4. The summed E-state index contributed by atoms with van der Waals surface area (Å²) in [6.45, 7) is 0.940. The van der Waals surface area contributed by atoms with Crippen LogP contribution in [-0.4, -0.2) is 68.0 Å². The maximum atomic E-state index is 12.9. The van der Waals surface area contributed by atoms with Gasteiger partial charge in [0.25, 0.3) is 11.7 Å². The Hall–Kier alpha value is -3.32. The van der Waals surface area contributed by atoms with E-state index in [0.717, 1.165) is 5.56 Å². The van der Waals surface area contributed by atoms with E-state index in [1.54, 1.807) is 62.8 Å². The van der Waals surface area contributed by atoms with Gasteiger partial charge in [0.15, 0.2) is 0 Å². The number of rotatable bonds is 7. The first-order valence-electron chi connectivity index (χ1n) is 9.59. The normalized spacial score (nSPS) is 18.2. The number of likely N-dealkylation sites (N-methyl/N-ethyl adjacent to an activating group) is 1. The lowest BCUT2D eigenvalue weighted by atomic mass is 9.95. The van der Waals surface area contributed by atoms with E-state index in [1.165, 1.54) is 4.90 Å². The molecule has 1 amide bonds. The molecule has 2 aromatic carbocycles. The molecule has 0 aliphatic carbocycles. The molecule has 7 heteroatoms. The predicted molar refractivity (Wildman–Crippen MR) is 114 cm³/mol. The van der Waals surface area contributed by atoms with Gasteiger partial charge in [-0.05, 0) is 56.1 Å². The summed E-state index contributed by atoms with van der Waals surface area (Å²) in [6, 6.07) is 13.2. The average Bonchev–Trinajstić information content (AvgIpc) is 3.02. The van der Waals surface area contributed by atoms with Crippen LogP contribution in [0.15, 0.2) is 54.1 Å². The third-order valence-electron chi connectivity index (χ3n) is 5.12. The van der Waals surface area contributed by atoms with Gasteiger partial charge in [0.1, 0.15) is 17.3 Å². The number of ketones is 1. The number of Topliss-reactive ketones (excluding diaryl/α,β-unsaturated/α-hetero) is 1. The van der Waals surface area contributed by atoms with Gasteiger partial charge in [0.05, 0.1) is 25.8 Å². The number of hydrogen-bond donors (Lipinski definition) is 1. The highest BCUT2D eigenvalue weighted by molar-refractivity contribution is 6.46. The minimum atomic E-state index is -0.692. The van der Waals surface area contributed by atoms with Crippen molar-refractivity contribution in [2.24, 2.45) is 0 Å². The van der Waals surface area contributed by atoms with E-state index >= 15 is 0 Å². The smallest absolute Gasteiger partial charge is 0.295 e. The summed E-state index contributed by atoms with van der Waals surface area (Å²) in [4.78, 5) is 29.2. The highest BCUT2D eigenvalue weighted by atomic mass is 16.5. The van der Waals surface area contributed by atoms with Crippen molar-refractivity contribution in [2.45, 2.75) is 6.04 Å². The second kappa shape index (κ2) is 9.00. The Kier molecular flexibility index (Phi) is 6.42. The molecular formula is C23H26N2O5. The fourth-order valence-corrected chi connectivity index (χ4v) is 3.46. The summed E-state index contributed by atoms with van der Waals surface area (Å²) in [5.74, 6) is -0.219. The van der Waals surface area contributed by atoms with Gasteiger partial charge >= 0.3 is 0 Å². The van der Waals surface area contributed by atoms with Crippen LogP contribution in [-0.2, 0) is 9.59 Å². The molecule has 158 valence electrons. The van der Waals surface area contributed by atoms with Gasteiger partial charge in [-0.15, -0.1) is 0 Å². The van der Waals surface area contributed by atoms with Crippen molar-refractivity contribution >= 4 is 17.4 Å². The maximum Gasteiger partial charge on any atom is 0.295 e. The van der Waals surface area contributed by atoms with Crippen molar-refractivity contribution in [3.05, 3.63) is 65.2 Å². The lowest BCUT2D eigenvalue weighted by molar-refractivity contribution is -0.140. The fraction of sp³-hybridized carbons (Fsp3) is 0.304. The van der Waals surface area contributed by atoms with Crippen LogP contribution in [0.2, 0.25) is 0 Å². The monoisotopic (exact) mass is 410 g/mol. The molecule has 0 aromatic heterocycles. The number of nitrogens with zero attached hydrogens (tertiary/aromatic N) is 2. The van der Waals surface area contributed by atoms with Gasteiger partial charge < -0.3 is 24.4 Å². The minimum absolute atomic E-state index is 0.0779. The molecule has 1 unspecified atom stereocenters. The van der Waals surface area contributed by atoms with Crippen molar-refractivity contribution in [1.29, 1.82) is 0 Å². The van der Waals surface area contributed by atoms with Crippen LogP contribution >= 0.6 is 0 Å². The summed E-state index contributed by atoms with van der Waals surface area (Å²) in [5, 5.41) is 11.0. The Morgan fingerprint density at radius 2 is 1.50 bits per heavy atom. The molecule has 0 saturated carbocycles. The van der Waals surface area contributed by atoms with Crippen LogP contribution in [0.25, 0.3) is 5.76 Å². The SMILES string of the molecule is COc1ccc(/C(O)=C2\C(=O)C(=O)N(CCN(C)C)C2c2ccc(OC)cc2)cc1. The van der Waals surface area contributed by atoms with Gasteiger partial charge in [-0.1, -0.05) is 12.1 Å². The molecule has 0 radical (unpaired) electrons. The molecule has 3 rings (SSSR count). The van der Waals surface area contributed by atoms with Crippen LogP contribution in [0, 0.1) is 0 Å². The zero-order valence-corrected chi connectivity index (χ0v) is 17.6. The number of aliphatic hydroxyl groups excluding tert-OH is 1. The van der Waals surface area contributed by atoms with E-state index in [9.17, 15) is 14.7 Å². The van der Waals surface area contributed by atoms with E-state index in [4.69, 9.17) is 9.47 Å². The third-order valence-corrected chi connectivity index (χ3v) is 5.12. The van der Waals surface area contributed by atoms with Crippen LogP contribution < -0.4 is 9.47 Å². The van der Waals surface area contributed by atoms with Crippen LogP contribution in [0.1, 0.15) is 17.2 Å². The van der Waals surface area contributed by atoms with E-state index in [2.05, 4.69) is 0 Å². The lowest BCUT2D eigenvalue weighted by Gasteiger charge is -2.26. The number of carbonyl (C=O) groups excluding carboxylic acids is 2. The quantitative estimate of drug-likeness (QED) is 0.430. The molecule has 1 N–H and O–H groups in total. The van der Waals surface area contributed by atoms with E-state index in [-0.39, 0.29) is 11.3 Å². The highest BCUT2D eigenvalue weighted by Crippen LogP contribution is 2.39. The number of aliphatic hydroxyl groups is 1. The highest BCUT2D eigenvalue weighted by Gasteiger charge is 2.45. The molecule has 0 spiro atoms. The van der Waals surface area contributed by atoms with Gasteiger partial charge in [-0.3, -0.25) is 9.59 Å². The Balaban J connectivity index is 2.11. The molecule has 1 saturated heterocycles. The Labute approximate surface area is 176 Å². The number of benzene rings is 2. The predicted octanol–water partition coefficient (Wildman–Crippen LogP) is 2.69. The number of carbonyl (C=O) groups is 2. The van der Waals surface area contributed by atoms with Crippen molar-refractivity contribution in [3.63, 3.8) is 0 Å². The first-order valence-corrected chi connectivity index (χ1v) is 9.59. The average molecular weight is 410 g/mol. The van der Waals surface area contributed by atoms with E-state index in [1.807, 2.05) is 19.0 Å². The summed E-state index contributed by atoms with van der Waals surface area (Å²) >= 11 is 0. The fourth-order valence-electron chi connectivity index (χ4n) is 3.46. The Bertz CT molecular complexity index is 949. The number of amides is 1. The molecule has 2 aromatic rings. The second-order valence-electron chi connectivity index (χ2n) is 7.30. The van der Waals surface area contributed by atoms with Gasteiger partial charge in [-0.2, -0.15) is 0 Å². The summed E-state index contributed by atoms with van der Waals surface area (Å²) in [6.07, 6.45) is 0. The summed E-state index contributed by atoms with van der Waals surface area (Å²) in [7, 11) is 6.92. The largest absolute Gasteiger partial charge is 0.507 e. The van der Waals surface area contributed by atoms with E-state index in [0.29, 0.717) is 30.2 Å². The topological polar surface area (TPSA) is 79.3 Å². The van der Waals surface area contributed by atoms with Crippen molar-refractivity contribution in [1.82, 2.24) is 9.80 Å². The number of ether oxygens (including phenoxy) is 2. The van der Waals surface area contributed by atoms with Gasteiger partial charge in [0, 0.05) is 18.7 Å². The Morgan fingerprint density at radius 3 is 2.00 bits per heavy atom. The van der Waals surface area contributed by atoms with Gasteiger partial charge in [-0.25, -0.2) is 0 Å². The van der Waals surface area contributed by atoms with Crippen molar-refractivity contribution in [2.75, 3.05) is 41.4 Å². The second-order valence-corrected chi connectivity index (χ2v) is 7.30. The molecule has 1 atom stereocenters. The van der Waals surface area contributed by atoms with Crippen molar-refractivity contribution < 1.29 is 24.2 Å². The zero-order chi connectivity index (χ0) is 21.8. The molecule has 1 aliphatic heterocycles. The number of methoxy groups -OCH3 is 2. The van der Waals surface area contributed by atoms with Crippen molar-refractivity contribution in [3.8, 4) is 11.5 Å². The van der Waals surface area contributed by atoms with Crippen LogP contribution in [0.4, 0.5) is 0 Å². The number of hydrogen-bond acceptors (Lipinski definition) is 6. The molecule has 1 heterocycles. The van der Waals surface area contributed by atoms with Crippen LogP contribution in [0.5, 0.6) is 11.5 Å².